The molecule has 1 aromatic carbocycles. The Hall–Kier alpha value is -1.51. The number of fused-ring (bicyclic) bond motifs is 1. The van der Waals surface area contributed by atoms with Gasteiger partial charge in [0.15, 0.2) is 0 Å². The molecule has 1 aliphatic rings. The molecule has 3 nitrogen and oxygen atoms in total. The second kappa shape index (κ2) is 4.56. The minimum absolute atomic E-state index is 0.239. The predicted octanol–water partition coefficient (Wildman–Crippen LogP) is 2.25. The van der Waals surface area contributed by atoms with Gasteiger partial charge in [0, 0.05) is 13.1 Å². The molecular weight excluding hydrogens is 202 g/mol. The number of nitrogens with zero attached hydrogens (tertiary/aromatic N) is 1. The average molecular weight is 219 g/mol. The largest absolute Gasteiger partial charge is 0.465 e. The van der Waals surface area contributed by atoms with Crippen LogP contribution in [0, 0.1) is 0 Å². The van der Waals surface area contributed by atoms with E-state index in [1.54, 1.807) is 0 Å². The molecule has 3 heteroatoms. The molecule has 86 valence electrons. The van der Waals surface area contributed by atoms with Gasteiger partial charge >= 0.3 is 5.97 Å². The first-order chi connectivity index (χ1) is 7.77. The van der Waals surface area contributed by atoms with Gasteiger partial charge in [-0.05, 0) is 31.4 Å². The zero-order chi connectivity index (χ0) is 11.5. The molecule has 1 aliphatic heterocycles. The second-order valence-electron chi connectivity index (χ2n) is 3.99. The molecule has 2 rings (SSSR count). The Morgan fingerprint density at radius 1 is 1.50 bits per heavy atom. The molecule has 0 spiro atoms. The van der Waals surface area contributed by atoms with Crippen molar-refractivity contribution >= 4 is 11.7 Å². The monoisotopic (exact) mass is 219 g/mol. The summed E-state index contributed by atoms with van der Waals surface area (Å²) in [5.41, 5.74) is 3.03. The number of para-hydroxylation sites is 1. The van der Waals surface area contributed by atoms with Gasteiger partial charge in [0.05, 0.1) is 18.4 Å². The Morgan fingerprint density at radius 2 is 2.31 bits per heavy atom. The van der Waals surface area contributed by atoms with E-state index in [9.17, 15) is 4.79 Å². The molecule has 0 aromatic heterocycles. The molecule has 0 atom stereocenters. The smallest absolute Gasteiger partial charge is 0.339 e. The number of hydrogen-bond acceptors (Lipinski definition) is 3. The zero-order valence-electron chi connectivity index (χ0n) is 9.82. The van der Waals surface area contributed by atoms with Crippen molar-refractivity contribution in [3.8, 4) is 0 Å². The number of carbonyl (C=O) groups is 1. The third-order valence-electron chi connectivity index (χ3n) is 3.10. The molecule has 0 amide bonds. The first-order valence-corrected chi connectivity index (χ1v) is 5.73. The van der Waals surface area contributed by atoms with Gasteiger partial charge in [-0.15, -0.1) is 0 Å². The van der Waals surface area contributed by atoms with Crippen molar-refractivity contribution in [1.82, 2.24) is 0 Å². The highest BCUT2D eigenvalue weighted by molar-refractivity contribution is 5.96. The lowest BCUT2D eigenvalue weighted by Gasteiger charge is -2.31. The van der Waals surface area contributed by atoms with Crippen molar-refractivity contribution in [1.29, 1.82) is 0 Å². The molecule has 0 saturated carbocycles. The predicted molar refractivity (Wildman–Crippen MR) is 64.0 cm³/mol. The topological polar surface area (TPSA) is 29.5 Å². The van der Waals surface area contributed by atoms with Gasteiger partial charge < -0.3 is 9.64 Å². The third kappa shape index (κ3) is 1.77. The van der Waals surface area contributed by atoms with Crippen molar-refractivity contribution < 1.29 is 9.53 Å². The number of ether oxygens (including phenoxy) is 1. The second-order valence-corrected chi connectivity index (χ2v) is 3.99. The molecule has 1 aromatic rings. The fourth-order valence-corrected chi connectivity index (χ4v) is 2.33. The van der Waals surface area contributed by atoms with Crippen LogP contribution in [0.2, 0.25) is 0 Å². The summed E-state index contributed by atoms with van der Waals surface area (Å²) < 4.78 is 4.83. The van der Waals surface area contributed by atoms with Crippen LogP contribution in [-0.2, 0) is 11.2 Å². The van der Waals surface area contributed by atoms with Crippen LogP contribution in [-0.4, -0.2) is 26.2 Å². The fraction of sp³-hybridized carbons (Fsp3) is 0.462. The van der Waals surface area contributed by atoms with Crippen LogP contribution in [0.3, 0.4) is 0 Å². The lowest BCUT2D eigenvalue weighted by Crippen LogP contribution is -2.30. The number of anilines is 1. The standard InChI is InChI=1S/C13H17NO2/c1-3-14-9-5-7-10-6-4-8-11(12(10)14)13(15)16-2/h4,6,8H,3,5,7,9H2,1-2H3. The average Bonchev–Trinajstić information content (AvgIpc) is 2.36. The summed E-state index contributed by atoms with van der Waals surface area (Å²) in [6.07, 6.45) is 2.21. The van der Waals surface area contributed by atoms with Gasteiger partial charge in [-0.1, -0.05) is 12.1 Å². The normalized spacial score (nSPS) is 14.5. The van der Waals surface area contributed by atoms with Crippen molar-refractivity contribution in [2.45, 2.75) is 19.8 Å². The highest BCUT2D eigenvalue weighted by Gasteiger charge is 2.22. The number of aryl methyl sites for hydroxylation is 1. The van der Waals surface area contributed by atoms with Crippen LogP contribution in [0.5, 0.6) is 0 Å². The molecule has 0 saturated heterocycles. The maximum absolute atomic E-state index is 11.7. The van der Waals surface area contributed by atoms with E-state index in [0.717, 1.165) is 31.6 Å². The van der Waals surface area contributed by atoms with Crippen LogP contribution < -0.4 is 4.90 Å². The zero-order valence-corrected chi connectivity index (χ0v) is 9.82. The van der Waals surface area contributed by atoms with E-state index in [1.165, 1.54) is 12.7 Å². The summed E-state index contributed by atoms with van der Waals surface area (Å²) >= 11 is 0. The summed E-state index contributed by atoms with van der Waals surface area (Å²) in [5.74, 6) is -0.239. The van der Waals surface area contributed by atoms with E-state index in [1.807, 2.05) is 12.1 Å². The molecule has 0 bridgehead atoms. The Kier molecular flexibility index (Phi) is 3.13. The van der Waals surface area contributed by atoms with Crippen LogP contribution >= 0.6 is 0 Å². The van der Waals surface area contributed by atoms with Crippen LogP contribution in [0.1, 0.15) is 29.3 Å². The molecule has 16 heavy (non-hydrogen) atoms. The SMILES string of the molecule is CCN1CCCc2cccc(C(=O)OC)c21. The Morgan fingerprint density at radius 3 is 3.00 bits per heavy atom. The molecule has 1 heterocycles. The number of carbonyl (C=O) groups excluding carboxylic acids is 1. The van der Waals surface area contributed by atoms with E-state index in [0.29, 0.717) is 5.56 Å². The highest BCUT2D eigenvalue weighted by Crippen LogP contribution is 2.31. The van der Waals surface area contributed by atoms with Crippen molar-refractivity contribution in [2.24, 2.45) is 0 Å². The maximum Gasteiger partial charge on any atom is 0.339 e. The summed E-state index contributed by atoms with van der Waals surface area (Å²) in [4.78, 5) is 14.0. The summed E-state index contributed by atoms with van der Waals surface area (Å²) in [7, 11) is 1.43. The molecule has 0 radical (unpaired) electrons. The van der Waals surface area contributed by atoms with E-state index >= 15 is 0 Å². The van der Waals surface area contributed by atoms with Gasteiger partial charge in [-0.25, -0.2) is 4.79 Å². The lowest BCUT2D eigenvalue weighted by molar-refractivity contribution is 0.0601. The van der Waals surface area contributed by atoms with Crippen molar-refractivity contribution in [2.75, 3.05) is 25.1 Å². The minimum Gasteiger partial charge on any atom is -0.465 e. The minimum atomic E-state index is -0.239. The number of esters is 1. The van der Waals surface area contributed by atoms with Gasteiger partial charge in [0.25, 0.3) is 0 Å². The number of hydrogen-bond donors (Lipinski definition) is 0. The first kappa shape index (κ1) is 11.0. The third-order valence-corrected chi connectivity index (χ3v) is 3.10. The van der Waals surface area contributed by atoms with Crippen LogP contribution in [0.25, 0.3) is 0 Å². The number of methoxy groups -OCH3 is 1. The Bertz CT molecular complexity index is 401. The fourth-order valence-electron chi connectivity index (χ4n) is 2.33. The van der Waals surface area contributed by atoms with Gasteiger partial charge in [0.2, 0.25) is 0 Å². The van der Waals surface area contributed by atoms with Crippen molar-refractivity contribution in [3.63, 3.8) is 0 Å². The van der Waals surface area contributed by atoms with E-state index in [4.69, 9.17) is 4.74 Å². The number of benzene rings is 1. The van der Waals surface area contributed by atoms with Gasteiger partial charge in [-0.3, -0.25) is 0 Å². The molecular formula is C13H17NO2. The van der Waals surface area contributed by atoms with Gasteiger partial charge in [-0.2, -0.15) is 0 Å². The van der Waals surface area contributed by atoms with Crippen LogP contribution in [0.15, 0.2) is 18.2 Å². The van der Waals surface area contributed by atoms with Crippen LogP contribution in [0.4, 0.5) is 5.69 Å². The lowest BCUT2D eigenvalue weighted by atomic mass is 9.97. The summed E-state index contributed by atoms with van der Waals surface area (Å²) in [5, 5.41) is 0. The maximum atomic E-state index is 11.7. The summed E-state index contributed by atoms with van der Waals surface area (Å²) in [6, 6.07) is 5.88. The van der Waals surface area contributed by atoms with Gasteiger partial charge in [0.1, 0.15) is 0 Å². The molecule has 0 fully saturated rings. The van der Waals surface area contributed by atoms with E-state index < -0.39 is 0 Å². The molecule has 0 N–H and O–H groups in total. The molecule has 0 unspecified atom stereocenters. The Balaban J connectivity index is 2.50. The first-order valence-electron chi connectivity index (χ1n) is 5.73. The number of rotatable bonds is 2. The molecule has 0 aliphatic carbocycles. The highest BCUT2D eigenvalue weighted by atomic mass is 16.5. The van der Waals surface area contributed by atoms with E-state index in [-0.39, 0.29) is 5.97 Å². The van der Waals surface area contributed by atoms with Crippen molar-refractivity contribution in [3.05, 3.63) is 29.3 Å². The Labute approximate surface area is 96.0 Å². The quantitative estimate of drug-likeness (QED) is 0.714. The summed E-state index contributed by atoms with van der Waals surface area (Å²) in [6.45, 7) is 4.07. The van der Waals surface area contributed by atoms with E-state index in [2.05, 4.69) is 17.9 Å².